The molecule has 0 aliphatic heterocycles. The Morgan fingerprint density at radius 3 is 2.22 bits per heavy atom. The Morgan fingerprint density at radius 1 is 0.778 bits per heavy atom. The van der Waals surface area contributed by atoms with Gasteiger partial charge in [0.05, 0.1) is 5.39 Å². The van der Waals surface area contributed by atoms with Crippen molar-refractivity contribution in [3.8, 4) is 28.6 Å². The maximum atomic E-state index is 9.70. The van der Waals surface area contributed by atoms with Gasteiger partial charge in [-0.3, -0.25) is 0 Å². The third kappa shape index (κ3) is 1.64. The van der Waals surface area contributed by atoms with Crippen LogP contribution in [0.2, 0.25) is 0 Å². The predicted molar refractivity (Wildman–Crippen MR) is 66.6 cm³/mol. The zero-order valence-electron chi connectivity index (χ0n) is 9.29. The Hall–Kier alpha value is -2.62. The van der Waals surface area contributed by atoms with Crippen LogP contribution in [0.1, 0.15) is 0 Å². The van der Waals surface area contributed by atoms with Crippen molar-refractivity contribution in [2.24, 2.45) is 0 Å². The normalized spacial score (nSPS) is 10.9. The van der Waals surface area contributed by atoms with Crippen molar-refractivity contribution < 1.29 is 19.7 Å². The van der Waals surface area contributed by atoms with Gasteiger partial charge in [-0.05, 0) is 30.3 Å². The van der Waals surface area contributed by atoms with Gasteiger partial charge in [0.2, 0.25) is 0 Å². The Kier molecular flexibility index (Phi) is 2.16. The fourth-order valence-corrected chi connectivity index (χ4v) is 1.87. The van der Waals surface area contributed by atoms with Crippen molar-refractivity contribution in [1.29, 1.82) is 0 Å². The molecule has 0 aliphatic carbocycles. The van der Waals surface area contributed by atoms with E-state index in [2.05, 4.69) is 0 Å². The highest BCUT2D eigenvalue weighted by atomic mass is 16.3. The number of benzene rings is 2. The maximum Gasteiger partial charge on any atom is 0.142 e. The molecule has 0 aliphatic rings. The Bertz CT molecular complexity index is 710. The first kappa shape index (κ1) is 10.5. The lowest BCUT2D eigenvalue weighted by molar-refractivity contribution is 0.453. The summed E-state index contributed by atoms with van der Waals surface area (Å²) in [6, 6.07) is 10.9. The van der Waals surface area contributed by atoms with Gasteiger partial charge in [0.1, 0.15) is 28.6 Å². The van der Waals surface area contributed by atoms with Crippen molar-refractivity contribution in [1.82, 2.24) is 0 Å². The molecule has 0 amide bonds. The van der Waals surface area contributed by atoms with Crippen LogP contribution in [0.4, 0.5) is 0 Å². The Morgan fingerprint density at radius 2 is 1.50 bits per heavy atom. The van der Waals surface area contributed by atoms with Crippen LogP contribution in [-0.4, -0.2) is 15.3 Å². The lowest BCUT2D eigenvalue weighted by atomic mass is 10.1. The molecule has 3 rings (SSSR count). The summed E-state index contributed by atoms with van der Waals surface area (Å²) in [5.41, 5.74) is 1.19. The predicted octanol–water partition coefficient (Wildman–Crippen LogP) is 3.22. The summed E-state index contributed by atoms with van der Waals surface area (Å²) in [5.74, 6) is 0.659. The van der Waals surface area contributed by atoms with E-state index in [9.17, 15) is 15.3 Å². The third-order valence-corrected chi connectivity index (χ3v) is 2.75. The molecule has 0 atom stereocenters. The van der Waals surface area contributed by atoms with E-state index >= 15 is 0 Å². The summed E-state index contributed by atoms with van der Waals surface area (Å²) >= 11 is 0. The highest BCUT2D eigenvalue weighted by Crippen LogP contribution is 2.35. The quantitative estimate of drug-likeness (QED) is 0.612. The van der Waals surface area contributed by atoms with Crippen molar-refractivity contribution in [3.63, 3.8) is 0 Å². The number of phenols is 3. The highest BCUT2D eigenvalue weighted by molar-refractivity contribution is 5.89. The van der Waals surface area contributed by atoms with E-state index in [1.54, 1.807) is 30.3 Å². The van der Waals surface area contributed by atoms with E-state index in [4.69, 9.17) is 4.42 Å². The maximum absolute atomic E-state index is 9.70. The second kappa shape index (κ2) is 3.70. The Labute approximate surface area is 102 Å². The number of aromatic hydroxyl groups is 3. The molecule has 0 radical (unpaired) electrons. The molecule has 4 heteroatoms. The van der Waals surface area contributed by atoms with Gasteiger partial charge in [0.25, 0.3) is 0 Å². The van der Waals surface area contributed by atoms with Crippen LogP contribution in [0, 0.1) is 0 Å². The van der Waals surface area contributed by atoms with E-state index in [0.29, 0.717) is 16.7 Å². The fraction of sp³-hybridized carbons (Fsp3) is 0. The second-order valence-electron chi connectivity index (χ2n) is 4.03. The summed E-state index contributed by atoms with van der Waals surface area (Å²) in [6.07, 6.45) is 0. The van der Waals surface area contributed by atoms with Gasteiger partial charge >= 0.3 is 0 Å². The molecular formula is C14H10O4. The minimum absolute atomic E-state index is 0.0289. The van der Waals surface area contributed by atoms with E-state index < -0.39 is 0 Å². The molecule has 0 bridgehead atoms. The smallest absolute Gasteiger partial charge is 0.142 e. The molecule has 90 valence electrons. The number of fused-ring (bicyclic) bond motifs is 1. The number of hydrogen-bond acceptors (Lipinski definition) is 4. The van der Waals surface area contributed by atoms with Crippen molar-refractivity contribution >= 4 is 11.0 Å². The van der Waals surface area contributed by atoms with Gasteiger partial charge in [-0.2, -0.15) is 0 Å². The molecule has 0 unspecified atom stereocenters. The van der Waals surface area contributed by atoms with Crippen LogP contribution in [-0.2, 0) is 0 Å². The number of rotatable bonds is 1. The van der Waals surface area contributed by atoms with Crippen molar-refractivity contribution in [3.05, 3.63) is 42.5 Å². The molecule has 1 heterocycles. The topological polar surface area (TPSA) is 73.8 Å². The summed E-state index contributed by atoms with van der Waals surface area (Å²) in [7, 11) is 0. The van der Waals surface area contributed by atoms with Crippen molar-refractivity contribution in [2.45, 2.75) is 0 Å². The minimum Gasteiger partial charge on any atom is -0.508 e. The summed E-state index contributed by atoms with van der Waals surface area (Å²) < 4.78 is 5.55. The number of hydrogen-bond donors (Lipinski definition) is 3. The summed E-state index contributed by atoms with van der Waals surface area (Å²) in [6.45, 7) is 0. The summed E-state index contributed by atoms with van der Waals surface area (Å²) in [4.78, 5) is 0. The molecule has 0 saturated carbocycles. The number of phenolic OH excluding ortho intramolecular Hbond substituents is 3. The van der Waals surface area contributed by atoms with Gasteiger partial charge in [-0.1, -0.05) is 0 Å². The molecule has 0 fully saturated rings. The van der Waals surface area contributed by atoms with Crippen LogP contribution in [0.15, 0.2) is 46.9 Å². The average molecular weight is 242 g/mol. The van der Waals surface area contributed by atoms with E-state index in [-0.39, 0.29) is 17.2 Å². The van der Waals surface area contributed by atoms with Crippen LogP contribution in [0.25, 0.3) is 22.3 Å². The lowest BCUT2D eigenvalue weighted by Crippen LogP contribution is -1.71. The van der Waals surface area contributed by atoms with E-state index in [1.807, 2.05) is 0 Å². The highest BCUT2D eigenvalue weighted by Gasteiger charge is 2.10. The SMILES string of the molecule is Oc1ccc(-c2cc3c(O)cc(O)cc3o2)cc1. The van der Waals surface area contributed by atoms with Crippen LogP contribution >= 0.6 is 0 Å². The summed E-state index contributed by atoms with van der Waals surface area (Å²) in [5, 5.41) is 28.8. The standard InChI is InChI=1S/C14H10O4/c15-9-3-1-8(2-4-9)13-7-11-12(17)5-10(16)6-14(11)18-13/h1-7,15-17H. The minimum atomic E-state index is -0.0494. The molecular weight excluding hydrogens is 232 g/mol. The van der Waals surface area contributed by atoms with Crippen LogP contribution in [0.5, 0.6) is 17.2 Å². The van der Waals surface area contributed by atoms with E-state index in [0.717, 1.165) is 5.56 Å². The van der Waals surface area contributed by atoms with Crippen molar-refractivity contribution in [2.75, 3.05) is 0 Å². The second-order valence-corrected chi connectivity index (χ2v) is 4.03. The van der Waals surface area contributed by atoms with Gasteiger partial charge < -0.3 is 19.7 Å². The molecule has 3 N–H and O–H groups in total. The van der Waals surface area contributed by atoms with Gasteiger partial charge in [0.15, 0.2) is 0 Å². The zero-order valence-corrected chi connectivity index (χ0v) is 9.29. The number of furan rings is 1. The van der Waals surface area contributed by atoms with Gasteiger partial charge in [-0.25, -0.2) is 0 Å². The molecule has 4 nitrogen and oxygen atoms in total. The van der Waals surface area contributed by atoms with Crippen LogP contribution < -0.4 is 0 Å². The molecule has 0 saturated heterocycles. The molecule has 1 aromatic heterocycles. The monoisotopic (exact) mass is 242 g/mol. The van der Waals surface area contributed by atoms with Crippen LogP contribution in [0.3, 0.4) is 0 Å². The van der Waals surface area contributed by atoms with E-state index in [1.165, 1.54) is 12.1 Å². The third-order valence-electron chi connectivity index (χ3n) is 2.75. The largest absolute Gasteiger partial charge is 0.508 e. The Balaban J connectivity index is 2.19. The molecule has 3 aromatic rings. The average Bonchev–Trinajstić information content (AvgIpc) is 2.74. The fourth-order valence-electron chi connectivity index (χ4n) is 1.87. The first-order valence-electron chi connectivity index (χ1n) is 5.38. The van der Waals surface area contributed by atoms with Gasteiger partial charge in [-0.15, -0.1) is 0 Å². The van der Waals surface area contributed by atoms with Gasteiger partial charge in [0, 0.05) is 17.7 Å². The molecule has 2 aromatic carbocycles. The zero-order chi connectivity index (χ0) is 12.7. The first-order chi connectivity index (χ1) is 8.63. The lowest BCUT2D eigenvalue weighted by Gasteiger charge is -1.96. The molecule has 18 heavy (non-hydrogen) atoms. The molecule has 0 spiro atoms. The first-order valence-corrected chi connectivity index (χ1v) is 5.38.